The van der Waals surface area contributed by atoms with E-state index in [1.807, 2.05) is 12.2 Å². The smallest absolute Gasteiger partial charge is 0.224 e. The van der Waals surface area contributed by atoms with E-state index in [-0.39, 0.29) is 35.7 Å². The second-order valence-corrected chi connectivity index (χ2v) is 7.14. The highest BCUT2D eigenvalue weighted by Gasteiger charge is 2.35. The van der Waals surface area contributed by atoms with Gasteiger partial charge in [-0.1, -0.05) is 36.5 Å². The second-order valence-electron chi connectivity index (χ2n) is 7.14. The first-order chi connectivity index (χ1) is 11.7. The predicted octanol–water partition coefficient (Wildman–Crippen LogP) is 3.02. The minimum Gasteiger partial charge on any atom is -0.353 e. The van der Waals surface area contributed by atoms with Gasteiger partial charge in [-0.3, -0.25) is 9.59 Å². The maximum absolute atomic E-state index is 12.7. The minimum absolute atomic E-state index is 0.0448. The molecule has 3 aliphatic rings. The number of carbonyl (C=O) groups is 2. The maximum atomic E-state index is 12.7. The van der Waals surface area contributed by atoms with Gasteiger partial charge >= 0.3 is 0 Å². The van der Waals surface area contributed by atoms with Gasteiger partial charge < -0.3 is 10.6 Å². The van der Waals surface area contributed by atoms with Gasteiger partial charge in [-0.2, -0.15) is 0 Å². The van der Waals surface area contributed by atoms with Crippen molar-refractivity contribution < 1.29 is 9.59 Å². The van der Waals surface area contributed by atoms with Crippen molar-refractivity contribution in [3.8, 4) is 0 Å². The summed E-state index contributed by atoms with van der Waals surface area (Å²) >= 11 is 0. The molecule has 24 heavy (non-hydrogen) atoms. The third kappa shape index (κ3) is 4.37. The van der Waals surface area contributed by atoms with E-state index in [1.54, 1.807) is 0 Å². The summed E-state index contributed by atoms with van der Waals surface area (Å²) in [4.78, 5) is 25.4. The number of rotatable bonds is 4. The molecule has 0 aromatic rings. The Morgan fingerprint density at radius 1 is 0.625 bits per heavy atom. The zero-order valence-corrected chi connectivity index (χ0v) is 14.2. The largest absolute Gasteiger partial charge is 0.353 e. The van der Waals surface area contributed by atoms with Gasteiger partial charge in [0, 0.05) is 12.1 Å². The van der Waals surface area contributed by atoms with Crippen LogP contribution in [0.5, 0.6) is 0 Å². The number of hydrogen-bond acceptors (Lipinski definition) is 2. The Hall–Kier alpha value is -1.84. The minimum atomic E-state index is -0.236. The summed E-state index contributed by atoms with van der Waals surface area (Å²) in [7, 11) is 0. The number of amides is 2. The molecule has 2 amide bonds. The highest BCUT2D eigenvalue weighted by Crippen LogP contribution is 2.27. The average Bonchev–Trinajstić information content (AvgIpc) is 2.63. The molecule has 0 aromatic heterocycles. The van der Waals surface area contributed by atoms with Crippen LogP contribution in [0.2, 0.25) is 0 Å². The fourth-order valence-electron chi connectivity index (χ4n) is 3.86. The molecule has 2 N–H and O–H groups in total. The maximum Gasteiger partial charge on any atom is 0.224 e. The fourth-order valence-corrected chi connectivity index (χ4v) is 3.86. The standard InChI is InChI=1S/C20H28N2O2/c23-19(21-15-9-3-1-4-10-15)17-13-7-8-14-18(17)20(24)22-16-11-5-2-6-12-16/h1-3,5,7-8,15-18H,4,6,9-14H2,(H,21,23)(H,22,24)/t15?,16?,17-,18+. The van der Waals surface area contributed by atoms with Gasteiger partial charge in [0.15, 0.2) is 0 Å². The Morgan fingerprint density at radius 3 is 1.42 bits per heavy atom. The van der Waals surface area contributed by atoms with Crippen molar-refractivity contribution in [1.29, 1.82) is 0 Å². The predicted molar refractivity (Wildman–Crippen MR) is 95.2 cm³/mol. The van der Waals surface area contributed by atoms with Gasteiger partial charge in [-0.25, -0.2) is 0 Å². The van der Waals surface area contributed by atoms with Crippen molar-refractivity contribution in [2.45, 2.75) is 63.5 Å². The molecule has 0 bridgehead atoms. The lowest BCUT2D eigenvalue weighted by Crippen LogP contribution is -2.47. The van der Waals surface area contributed by atoms with Crippen LogP contribution in [0, 0.1) is 11.8 Å². The van der Waals surface area contributed by atoms with Gasteiger partial charge in [-0.05, 0) is 51.4 Å². The van der Waals surface area contributed by atoms with Crippen LogP contribution in [0.3, 0.4) is 0 Å². The Kier molecular flexibility index (Phi) is 5.89. The molecule has 0 heterocycles. The zero-order chi connectivity index (χ0) is 16.8. The van der Waals surface area contributed by atoms with Crippen LogP contribution < -0.4 is 10.6 Å². The highest BCUT2D eigenvalue weighted by molar-refractivity contribution is 5.88. The second kappa shape index (κ2) is 8.32. The van der Waals surface area contributed by atoms with Gasteiger partial charge in [0.25, 0.3) is 0 Å². The number of hydrogen-bond donors (Lipinski definition) is 2. The summed E-state index contributed by atoms with van der Waals surface area (Å²) < 4.78 is 0. The molecule has 0 spiro atoms. The van der Waals surface area contributed by atoms with Crippen LogP contribution in [-0.4, -0.2) is 23.9 Å². The molecule has 3 rings (SSSR count). The molecule has 4 nitrogen and oxygen atoms in total. The Morgan fingerprint density at radius 2 is 1.04 bits per heavy atom. The molecule has 0 saturated carbocycles. The first kappa shape index (κ1) is 17.0. The molecule has 4 heteroatoms. The first-order valence-corrected chi connectivity index (χ1v) is 9.30. The van der Waals surface area contributed by atoms with E-state index < -0.39 is 0 Å². The van der Waals surface area contributed by atoms with Crippen LogP contribution in [-0.2, 0) is 9.59 Å². The van der Waals surface area contributed by atoms with Crippen molar-refractivity contribution in [2.75, 3.05) is 0 Å². The normalized spacial score (nSPS) is 32.3. The van der Waals surface area contributed by atoms with E-state index >= 15 is 0 Å². The molecule has 0 radical (unpaired) electrons. The topological polar surface area (TPSA) is 58.2 Å². The summed E-state index contributed by atoms with van der Waals surface area (Å²) in [5, 5.41) is 6.32. The summed E-state index contributed by atoms with van der Waals surface area (Å²) in [6.45, 7) is 0. The molecule has 0 fully saturated rings. The quantitative estimate of drug-likeness (QED) is 0.779. The van der Waals surface area contributed by atoms with E-state index in [2.05, 4.69) is 34.9 Å². The van der Waals surface area contributed by atoms with Crippen molar-refractivity contribution >= 4 is 11.8 Å². The van der Waals surface area contributed by atoms with Gasteiger partial charge in [0.2, 0.25) is 11.8 Å². The SMILES string of the molecule is O=C(NC1CC=CCC1)[C@H]1CC=CC[C@H]1C(=O)NC1CC=CCC1. The van der Waals surface area contributed by atoms with Gasteiger partial charge in [-0.15, -0.1) is 0 Å². The molecule has 130 valence electrons. The number of nitrogens with one attached hydrogen (secondary N) is 2. The van der Waals surface area contributed by atoms with Gasteiger partial charge in [0.05, 0.1) is 11.8 Å². The first-order valence-electron chi connectivity index (χ1n) is 9.30. The molecule has 4 atom stereocenters. The van der Waals surface area contributed by atoms with Crippen molar-refractivity contribution in [3.05, 3.63) is 36.5 Å². The van der Waals surface area contributed by atoms with Crippen LogP contribution in [0.4, 0.5) is 0 Å². The van der Waals surface area contributed by atoms with Crippen LogP contribution in [0.1, 0.15) is 51.4 Å². The van der Waals surface area contributed by atoms with Gasteiger partial charge in [0.1, 0.15) is 0 Å². The Labute approximate surface area is 144 Å². The zero-order valence-electron chi connectivity index (χ0n) is 14.2. The van der Waals surface area contributed by atoms with Crippen molar-refractivity contribution in [1.82, 2.24) is 10.6 Å². The molecular weight excluding hydrogens is 300 g/mol. The summed E-state index contributed by atoms with van der Waals surface area (Å²) in [5.41, 5.74) is 0. The molecule has 0 aromatic carbocycles. The molecule has 0 aliphatic heterocycles. The van der Waals surface area contributed by atoms with E-state index in [9.17, 15) is 9.59 Å². The Balaban J connectivity index is 1.58. The van der Waals surface area contributed by atoms with E-state index in [4.69, 9.17) is 0 Å². The average molecular weight is 328 g/mol. The summed E-state index contributed by atoms with van der Waals surface area (Å²) in [6, 6.07) is 0.446. The van der Waals surface area contributed by atoms with Crippen molar-refractivity contribution in [2.24, 2.45) is 11.8 Å². The Bertz CT molecular complexity index is 502. The lowest BCUT2D eigenvalue weighted by atomic mass is 9.81. The van der Waals surface area contributed by atoms with E-state index in [0.717, 1.165) is 38.5 Å². The highest BCUT2D eigenvalue weighted by atomic mass is 16.2. The van der Waals surface area contributed by atoms with Crippen LogP contribution >= 0.6 is 0 Å². The lowest BCUT2D eigenvalue weighted by Gasteiger charge is -2.30. The molecule has 3 aliphatic carbocycles. The lowest BCUT2D eigenvalue weighted by molar-refractivity contribution is -0.135. The third-order valence-electron chi connectivity index (χ3n) is 5.34. The molecule has 0 saturated heterocycles. The number of allylic oxidation sites excluding steroid dienone is 4. The third-order valence-corrected chi connectivity index (χ3v) is 5.34. The molecule has 2 unspecified atom stereocenters. The van der Waals surface area contributed by atoms with Crippen LogP contribution in [0.15, 0.2) is 36.5 Å². The van der Waals surface area contributed by atoms with E-state index in [0.29, 0.717) is 12.8 Å². The molecular formula is C20H28N2O2. The number of carbonyl (C=O) groups excluding carboxylic acids is 2. The summed E-state index contributed by atoms with van der Waals surface area (Å²) in [6.07, 6.45) is 19.9. The summed E-state index contributed by atoms with van der Waals surface area (Å²) in [5.74, 6) is -0.383. The van der Waals surface area contributed by atoms with Crippen LogP contribution in [0.25, 0.3) is 0 Å². The van der Waals surface area contributed by atoms with Crippen molar-refractivity contribution in [3.63, 3.8) is 0 Å². The van der Waals surface area contributed by atoms with E-state index in [1.165, 1.54) is 0 Å². The fraction of sp³-hybridized carbons (Fsp3) is 0.600. The monoisotopic (exact) mass is 328 g/mol.